The van der Waals surface area contributed by atoms with Crippen molar-refractivity contribution >= 4 is 99.9 Å². The van der Waals surface area contributed by atoms with Gasteiger partial charge in [-0.2, -0.15) is 0 Å². The lowest BCUT2D eigenvalue weighted by Crippen LogP contribution is -2.34. The van der Waals surface area contributed by atoms with E-state index in [0.717, 1.165) is 23.2 Å². The third kappa shape index (κ3) is 18.5. The van der Waals surface area contributed by atoms with E-state index in [1.807, 2.05) is 13.1 Å². The van der Waals surface area contributed by atoms with Crippen molar-refractivity contribution in [2.75, 3.05) is 42.0 Å². The fourth-order valence-electron chi connectivity index (χ4n) is 4.05. The highest BCUT2D eigenvalue weighted by Gasteiger charge is 2.21. The number of nitrogens with one attached hydrogen (secondary N) is 3. The molecule has 17 heteroatoms. The van der Waals surface area contributed by atoms with Crippen molar-refractivity contribution in [3.05, 3.63) is 115 Å². The van der Waals surface area contributed by atoms with Crippen LogP contribution in [0, 0.1) is 0 Å². The molecule has 0 heterocycles. The second kappa shape index (κ2) is 24.0. The van der Waals surface area contributed by atoms with E-state index in [9.17, 15) is 24.0 Å². The van der Waals surface area contributed by atoms with Gasteiger partial charge >= 0.3 is 18.2 Å². The van der Waals surface area contributed by atoms with Gasteiger partial charge in [0.2, 0.25) is 0 Å². The highest BCUT2D eigenvalue weighted by Crippen LogP contribution is 2.25. The van der Waals surface area contributed by atoms with Gasteiger partial charge in [0, 0.05) is 60.0 Å². The SMILES string of the molecule is CC(C)(C)OC(=O)Nc1ccc(C(=O)O)c(Cl)c1.CN(C(=O)OC(C)(C)C)c1ccc(C=O)c(Cl)c1.CNc1ccc(C=O)c(Cl)c1.CNc1ccc(CO)c(Cl)c1. The van der Waals surface area contributed by atoms with E-state index in [-0.39, 0.29) is 17.2 Å². The average Bonchev–Trinajstić information content (AvgIpc) is 3.13. The Morgan fingerprint density at radius 1 is 0.672 bits per heavy atom. The van der Waals surface area contributed by atoms with Gasteiger partial charge in [0.05, 0.1) is 27.2 Å². The van der Waals surface area contributed by atoms with Crippen LogP contribution in [-0.4, -0.2) is 73.3 Å². The minimum absolute atomic E-state index is 0.0111. The number of aliphatic hydroxyl groups is 1. The maximum Gasteiger partial charge on any atom is 0.414 e. The molecule has 4 rings (SSSR count). The predicted octanol–water partition coefficient (Wildman–Crippen LogP) is 11.0. The number of carbonyl (C=O) groups excluding carboxylic acids is 4. The monoisotopic (exact) mass is 880 g/mol. The zero-order chi connectivity index (χ0) is 44.4. The summed E-state index contributed by atoms with van der Waals surface area (Å²) in [6.45, 7) is 10.6. The maximum absolute atomic E-state index is 11.8. The van der Waals surface area contributed by atoms with E-state index in [4.69, 9.17) is 66.1 Å². The molecular weight excluding hydrogens is 834 g/mol. The number of aliphatic hydroxyl groups excluding tert-OH is 1. The van der Waals surface area contributed by atoms with Gasteiger partial charge < -0.3 is 30.3 Å². The summed E-state index contributed by atoms with van der Waals surface area (Å²) >= 11 is 23.2. The molecule has 0 aromatic heterocycles. The fourth-order valence-corrected chi connectivity index (χ4v) is 5.00. The lowest BCUT2D eigenvalue weighted by atomic mass is 10.2. The summed E-state index contributed by atoms with van der Waals surface area (Å²) in [4.78, 5) is 56.3. The van der Waals surface area contributed by atoms with Crippen molar-refractivity contribution in [3.63, 3.8) is 0 Å². The van der Waals surface area contributed by atoms with Crippen LogP contribution in [0.2, 0.25) is 20.1 Å². The van der Waals surface area contributed by atoms with E-state index < -0.39 is 29.4 Å². The molecule has 0 aliphatic heterocycles. The number of benzene rings is 4. The Bertz CT molecular complexity index is 2030. The zero-order valence-electron chi connectivity index (χ0n) is 33.5. The Morgan fingerprint density at radius 3 is 1.55 bits per heavy atom. The Hall–Kier alpha value is -5.05. The van der Waals surface area contributed by atoms with Gasteiger partial charge in [0.1, 0.15) is 11.2 Å². The number of ether oxygens (including phenoxy) is 2. The number of amides is 2. The normalized spacial score (nSPS) is 10.4. The Kier molecular flexibility index (Phi) is 21.1. The first-order valence-electron chi connectivity index (χ1n) is 17.2. The quantitative estimate of drug-likeness (QED) is 0.106. The van der Waals surface area contributed by atoms with Gasteiger partial charge in [0.25, 0.3) is 0 Å². The number of hydrogen-bond donors (Lipinski definition) is 5. The van der Waals surface area contributed by atoms with Gasteiger partial charge in [0.15, 0.2) is 12.6 Å². The lowest BCUT2D eigenvalue weighted by molar-refractivity contribution is 0.0586. The zero-order valence-corrected chi connectivity index (χ0v) is 36.5. The standard InChI is InChI=1S/C13H16ClNO3.C12H14ClNO4.C8H10ClNO.C8H8ClNO/c1-13(2,3)18-12(17)15(4)10-6-5-9(8-16)11(14)7-10;1-12(2,3)18-11(17)14-7-4-5-8(10(15)16)9(13)6-7;2*1-10-7-3-2-6(5-11)8(9)4-7/h5-8H,1-4H3;4-6H,1-3H3,(H,14,17)(H,15,16);2-4,10-11H,5H2,1H3;2-5,10H,1H3. The first kappa shape index (κ1) is 51.0. The van der Waals surface area contributed by atoms with Crippen molar-refractivity contribution in [3.8, 4) is 0 Å². The largest absolute Gasteiger partial charge is 0.478 e. The van der Waals surface area contributed by atoms with E-state index >= 15 is 0 Å². The number of carbonyl (C=O) groups is 5. The molecule has 314 valence electrons. The van der Waals surface area contributed by atoms with E-state index in [1.54, 1.807) is 104 Å². The number of hydrogen-bond acceptors (Lipinski definition) is 10. The van der Waals surface area contributed by atoms with Crippen molar-refractivity contribution in [1.82, 2.24) is 0 Å². The van der Waals surface area contributed by atoms with Crippen LogP contribution in [0.1, 0.15) is 78.2 Å². The van der Waals surface area contributed by atoms with Crippen molar-refractivity contribution in [2.24, 2.45) is 0 Å². The molecular formula is C41H48Cl4N4O9. The summed E-state index contributed by atoms with van der Waals surface area (Å²) in [5.41, 5.74) is 3.28. The van der Waals surface area contributed by atoms with E-state index in [2.05, 4.69) is 16.0 Å². The van der Waals surface area contributed by atoms with Gasteiger partial charge in [-0.3, -0.25) is 19.8 Å². The average molecular weight is 883 g/mol. The summed E-state index contributed by atoms with van der Waals surface area (Å²) in [6.07, 6.45) is 0.306. The van der Waals surface area contributed by atoms with Crippen LogP contribution in [0.25, 0.3) is 0 Å². The smallest absolute Gasteiger partial charge is 0.414 e. The molecule has 5 N–H and O–H groups in total. The van der Waals surface area contributed by atoms with Gasteiger partial charge in [-0.25, -0.2) is 14.4 Å². The second-order valence-corrected chi connectivity index (χ2v) is 15.4. The van der Waals surface area contributed by atoms with Crippen LogP contribution in [0.3, 0.4) is 0 Å². The second-order valence-electron chi connectivity index (χ2n) is 13.8. The highest BCUT2D eigenvalue weighted by atomic mass is 35.5. The molecule has 58 heavy (non-hydrogen) atoms. The molecule has 0 saturated carbocycles. The number of carboxylic acid groups (broad SMARTS) is 1. The van der Waals surface area contributed by atoms with Crippen LogP contribution in [-0.2, 0) is 16.1 Å². The lowest BCUT2D eigenvalue weighted by Gasteiger charge is -2.24. The van der Waals surface area contributed by atoms with E-state index in [0.29, 0.717) is 43.9 Å². The maximum atomic E-state index is 11.8. The number of halogens is 4. The Balaban J connectivity index is 0.000000397. The molecule has 13 nitrogen and oxygen atoms in total. The summed E-state index contributed by atoms with van der Waals surface area (Å²) in [5.74, 6) is -1.12. The fraction of sp³-hybridized carbons (Fsp3) is 0.293. The summed E-state index contributed by atoms with van der Waals surface area (Å²) in [5, 5.41) is 27.3. The molecule has 0 aliphatic rings. The molecule has 0 spiro atoms. The number of nitrogens with zero attached hydrogens (tertiary/aromatic N) is 1. The van der Waals surface area contributed by atoms with Crippen LogP contribution in [0.4, 0.5) is 32.3 Å². The van der Waals surface area contributed by atoms with Crippen LogP contribution in [0.15, 0.2) is 72.8 Å². The Labute approximate surface area is 358 Å². The topological polar surface area (TPSA) is 184 Å². The van der Waals surface area contributed by atoms with Gasteiger partial charge in [-0.1, -0.05) is 52.5 Å². The third-order valence-corrected chi connectivity index (χ3v) is 8.26. The van der Waals surface area contributed by atoms with Crippen LogP contribution in [0.5, 0.6) is 0 Å². The van der Waals surface area contributed by atoms with Gasteiger partial charge in [-0.15, -0.1) is 0 Å². The first-order chi connectivity index (χ1) is 27.0. The highest BCUT2D eigenvalue weighted by molar-refractivity contribution is 6.34. The first-order valence-corrected chi connectivity index (χ1v) is 18.7. The van der Waals surface area contributed by atoms with Gasteiger partial charge in [-0.05, 0) is 114 Å². The van der Waals surface area contributed by atoms with Crippen molar-refractivity contribution < 1.29 is 43.7 Å². The summed E-state index contributed by atoms with van der Waals surface area (Å²) < 4.78 is 10.3. The number of aromatic carboxylic acids is 1. The summed E-state index contributed by atoms with van der Waals surface area (Å²) in [6, 6.07) is 19.5. The minimum atomic E-state index is -1.12. The molecule has 0 atom stereocenters. The molecule has 2 amide bonds. The number of aldehydes is 2. The number of rotatable bonds is 8. The van der Waals surface area contributed by atoms with Crippen LogP contribution < -0.4 is 20.9 Å². The van der Waals surface area contributed by atoms with Crippen LogP contribution >= 0.6 is 46.4 Å². The predicted molar refractivity (Wildman–Crippen MR) is 233 cm³/mol. The molecule has 4 aromatic rings. The molecule has 0 bridgehead atoms. The molecule has 0 saturated heterocycles. The number of carboxylic acids is 1. The number of anilines is 4. The minimum Gasteiger partial charge on any atom is -0.478 e. The molecule has 0 radical (unpaired) electrons. The van der Waals surface area contributed by atoms with E-state index in [1.165, 1.54) is 23.1 Å². The molecule has 0 aliphatic carbocycles. The Morgan fingerprint density at radius 2 is 1.14 bits per heavy atom. The van der Waals surface area contributed by atoms with Crippen molar-refractivity contribution in [2.45, 2.75) is 59.4 Å². The van der Waals surface area contributed by atoms with Crippen molar-refractivity contribution in [1.29, 1.82) is 0 Å². The molecule has 4 aromatic carbocycles. The third-order valence-electron chi connectivity index (χ3n) is 6.94. The molecule has 0 fully saturated rings. The molecule has 0 unspecified atom stereocenters. The summed E-state index contributed by atoms with van der Waals surface area (Å²) in [7, 11) is 5.21.